The molecule has 1 unspecified atom stereocenters. The molecule has 1 fully saturated rings. The number of pyridine rings is 2. The van der Waals surface area contributed by atoms with Crippen molar-refractivity contribution in [3.05, 3.63) is 40.7 Å². The molecule has 2 aromatic heterocycles. The Morgan fingerprint density at radius 1 is 1.47 bits per heavy atom. The molecule has 2 aliphatic heterocycles. The minimum Gasteiger partial charge on any atom is -0.489 e. The van der Waals surface area contributed by atoms with Crippen LogP contribution in [0.5, 0.6) is 5.75 Å². The number of aldehydes is 1. The van der Waals surface area contributed by atoms with E-state index in [1.807, 2.05) is 6.07 Å². The molecule has 0 spiro atoms. The number of nitriles is 1. The van der Waals surface area contributed by atoms with Crippen molar-refractivity contribution in [2.75, 3.05) is 43.1 Å². The summed E-state index contributed by atoms with van der Waals surface area (Å²) in [7, 11) is 0. The Bertz CT molecular complexity index is 1120. The Labute approximate surface area is 193 Å². The molecule has 34 heavy (non-hydrogen) atoms. The van der Waals surface area contributed by atoms with Gasteiger partial charge in [-0.3, -0.25) is 15.0 Å². The van der Waals surface area contributed by atoms with Crippen molar-refractivity contribution < 1.29 is 27.8 Å². The first-order valence-corrected chi connectivity index (χ1v) is 10.7. The number of carbonyl (C=O) groups excluding carboxylic acids is 2. The second-order valence-electron chi connectivity index (χ2n) is 7.73. The number of aromatic nitrogens is 2. The van der Waals surface area contributed by atoms with E-state index in [4.69, 9.17) is 9.47 Å². The number of anilines is 2. The topological polar surface area (TPSA) is 129 Å². The zero-order chi connectivity index (χ0) is 24.1. The predicted molar refractivity (Wildman–Crippen MR) is 116 cm³/mol. The van der Waals surface area contributed by atoms with Crippen LogP contribution >= 0.6 is 0 Å². The Hall–Kier alpha value is -3.69. The predicted octanol–water partition coefficient (Wildman–Crippen LogP) is 2.45. The molecule has 0 aliphatic carbocycles. The normalized spacial score (nSPS) is 17.6. The highest BCUT2D eigenvalue weighted by atomic mass is 19.3. The van der Waals surface area contributed by atoms with E-state index in [9.17, 15) is 23.6 Å². The van der Waals surface area contributed by atoms with Crippen LogP contribution in [0.2, 0.25) is 0 Å². The molecule has 2 amide bonds. The van der Waals surface area contributed by atoms with Gasteiger partial charge in [-0.05, 0) is 24.5 Å². The van der Waals surface area contributed by atoms with Crippen LogP contribution in [-0.4, -0.2) is 61.2 Å². The average molecular weight is 472 g/mol. The van der Waals surface area contributed by atoms with E-state index in [0.717, 1.165) is 6.54 Å². The van der Waals surface area contributed by atoms with Crippen LogP contribution in [0, 0.1) is 11.3 Å². The molecule has 0 saturated carbocycles. The molecule has 4 rings (SSSR count). The lowest BCUT2D eigenvalue weighted by Crippen LogP contribution is -2.41. The summed E-state index contributed by atoms with van der Waals surface area (Å²) in [6.07, 6.45) is -0.492. The monoisotopic (exact) mass is 472 g/mol. The number of rotatable bonds is 6. The van der Waals surface area contributed by atoms with Gasteiger partial charge in [-0.15, -0.1) is 0 Å². The highest BCUT2D eigenvalue weighted by Crippen LogP contribution is 2.31. The number of hydrogen-bond acceptors (Lipinski definition) is 8. The third-order valence-corrected chi connectivity index (χ3v) is 5.47. The Morgan fingerprint density at radius 2 is 2.32 bits per heavy atom. The number of urea groups is 1. The third-order valence-electron chi connectivity index (χ3n) is 5.47. The molecule has 0 bridgehead atoms. The lowest BCUT2D eigenvalue weighted by Gasteiger charge is -2.29. The maximum atomic E-state index is 13.3. The highest BCUT2D eigenvalue weighted by Gasteiger charge is 2.28. The van der Waals surface area contributed by atoms with E-state index >= 15 is 0 Å². The summed E-state index contributed by atoms with van der Waals surface area (Å²) >= 11 is 0. The lowest BCUT2D eigenvalue weighted by atomic mass is 10.0. The molecule has 1 saturated heterocycles. The molecule has 2 aliphatic rings. The van der Waals surface area contributed by atoms with Crippen LogP contribution in [0.4, 0.5) is 25.2 Å². The zero-order valence-corrected chi connectivity index (χ0v) is 18.1. The average Bonchev–Trinajstić information content (AvgIpc) is 2.86. The molecule has 178 valence electrons. The first-order chi connectivity index (χ1) is 16.5. The molecule has 2 aromatic rings. The number of halogens is 2. The SMILES string of the molecule is N#Cc1cnc(NC(=O)N2CCCc3cc(C(F)F)c(C=O)nc32)cc1OCC1CNCCO1. The van der Waals surface area contributed by atoms with Crippen molar-refractivity contribution in [1.29, 1.82) is 5.26 Å². The minimum absolute atomic E-state index is 0.133. The van der Waals surface area contributed by atoms with Gasteiger partial charge in [-0.1, -0.05) is 0 Å². The number of aryl methyl sites for hydroxylation is 1. The number of nitrogens with zero attached hydrogens (tertiary/aromatic N) is 4. The number of alkyl halides is 2. The molecule has 0 aromatic carbocycles. The highest BCUT2D eigenvalue weighted by molar-refractivity contribution is 6.01. The fraction of sp³-hybridized carbons (Fsp3) is 0.409. The van der Waals surface area contributed by atoms with Gasteiger partial charge in [0.1, 0.15) is 47.4 Å². The van der Waals surface area contributed by atoms with Crippen molar-refractivity contribution in [3.8, 4) is 11.8 Å². The van der Waals surface area contributed by atoms with Crippen LogP contribution in [0.25, 0.3) is 0 Å². The quantitative estimate of drug-likeness (QED) is 0.614. The number of morpholine rings is 1. The summed E-state index contributed by atoms with van der Waals surface area (Å²) in [5, 5.41) is 15.2. The maximum Gasteiger partial charge on any atom is 0.328 e. The number of amides is 2. The Kier molecular flexibility index (Phi) is 7.24. The third kappa shape index (κ3) is 5.11. The van der Waals surface area contributed by atoms with E-state index in [2.05, 4.69) is 20.6 Å². The molecule has 12 heteroatoms. The number of fused-ring (bicyclic) bond motifs is 1. The van der Waals surface area contributed by atoms with E-state index in [0.29, 0.717) is 31.6 Å². The lowest BCUT2D eigenvalue weighted by molar-refractivity contribution is 0.000135. The molecule has 0 radical (unpaired) electrons. The van der Waals surface area contributed by atoms with Gasteiger partial charge in [0.25, 0.3) is 6.43 Å². The largest absolute Gasteiger partial charge is 0.489 e. The molecule has 2 N–H and O–H groups in total. The van der Waals surface area contributed by atoms with Crippen LogP contribution in [-0.2, 0) is 11.2 Å². The van der Waals surface area contributed by atoms with Crippen molar-refractivity contribution >= 4 is 24.0 Å². The number of carbonyl (C=O) groups is 2. The van der Waals surface area contributed by atoms with Gasteiger partial charge >= 0.3 is 6.03 Å². The molecular formula is C22H22F2N6O4. The van der Waals surface area contributed by atoms with Gasteiger partial charge in [-0.25, -0.2) is 23.5 Å². The van der Waals surface area contributed by atoms with Crippen molar-refractivity contribution in [2.45, 2.75) is 25.4 Å². The number of nitrogens with one attached hydrogen (secondary N) is 2. The van der Waals surface area contributed by atoms with Gasteiger partial charge in [0.05, 0.1) is 12.8 Å². The number of ether oxygens (including phenoxy) is 2. The summed E-state index contributed by atoms with van der Waals surface area (Å²) in [5.74, 6) is 0.528. The van der Waals surface area contributed by atoms with Crippen molar-refractivity contribution in [3.63, 3.8) is 0 Å². The zero-order valence-electron chi connectivity index (χ0n) is 18.1. The summed E-state index contributed by atoms with van der Waals surface area (Å²) in [6, 6.07) is 4.06. The molecule has 1 atom stereocenters. The Morgan fingerprint density at radius 3 is 3.03 bits per heavy atom. The van der Waals surface area contributed by atoms with Gasteiger partial charge in [0, 0.05) is 31.3 Å². The van der Waals surface area contributed by atoms with E-state index < -0.39 is 23.7 Å². The fourth-order valence-electron chi connectivity index (χ4n) is 3.79. The summed E-state index contributed by atoms with van der Waals surface area (Å²) in [5.41, 5.74) is -0.203. The minimum atomic E-state index is -2.85. The summed E-state index contributed by atoms with van der Waals surface area (Å²) in [6.45, 7) is 2.44. The standard InChI is InChI=1S/C22H22F2N6O4/c23-20(24)16-6-13-2-1-4-30(21(13)28-17(16)11-31)22(32)29-19-7-18(14(8-25)9-27-19)34-12-15-10-26-3-5-33-15/h6-7,9,11,15,20,26H,1-5,10,12H2,(H,27,29,32). The fourth-order valence-corrected chi connectivity index (χ4v) is 3.79. The maximum absolute atomic E-state index is 13.3. The first kappa shape index (κ1) is 23.5. The number of hydrogen-bond donors (Lipinski definition) is 2. The molecule has 4 heterocycles. The van der Waals surface area contributed by atoms with Crippen LogP contribution in [0.1, 0.15) is 40.0 Å². The van der Waals surface area contributed by atoms with Gasteiger partial charge in [0.15, 0.2) is 6.29 Å². The van der Waals surface area contributed by atoms with E-state index in [1.165, 1.54) is 23.2 Å². The second kappa shape index (κ2) is 10.5. The molecular weight excluding hydrogens is 450 g/mol. The smallest absolute Gasteiger partial charge is 0.328 e. The van der Waals surface area contributed by atoms with E-state index in [-0.39, 0.29) is 48.5 Å². The van der Waals surface area contributed by atoms with Crippen LogP contribution < -0.4 is 20.3 Å². The van der Waals surface area contributed by atoms with Gasteiger partial charge in [0.2, 0.25) is 0 Å². The Balaban J connectivity index is 1.52. The first-order valence-electron chi connectivity index (χ1n) is 10.7. The molecule has 10 nitrogen and oxygen atoms in total. The second-order valence-corrected chi connectivity index (χ2v) is 7.73. The van der Waals surface area contributed by atoms with Crippen LogP contribution in [0.15, 0.2) is 18.3 Å². The van der Waals surface area contributed by atoms with Crippen molar-refractivity contribution in [2.24, 2.45) is 0 Å². The van der Waals surface area contributed by atoms with Gasteiger partial charge in [-0.2, -0.15) is 5.26 Å². The van der Waals surface area contributed by atoms with Crippen molar-refractivity contribution in [1.82, 2.24) is 15.3 Å². The van der Waals surface area contributed by atoms with E-state index in [1.54, 1.807) is 0 Å². The van der Waals surface area contributed by atoms with Gasteiger partial charge < -0.3 is 14.8 Å². The summed E-state index contributed by atoms with van der Waals surface area (Å²) in [4.78, 5) is 33.7. The summed E-state index contributed by atoms with van der Waals surface area (Å²) < 4.78 is 37.9. The van der Waals surface area contributed by atoms with Crippen LogP contribution in [0.3, 0.4) is 0 Å².